The highest BCUT2D eigenvalue weighted by molar-refractivity contribution is 6.03. The SMILES string of the molecule is O=C(O)/C=C/c1cccc(NC(=O)c2ccc(F)cn2)c1. The van der Waals surface area contributed by atoms with Crippen LogP contribution >= 0.6 is 0 Å². The lowest BCUT2D eigenvalue weighted by molar-refractivity contribution is -0.131. The minimum atomic E-state index is -1.06. The monoisotopic (exact) mass is 286 g/mol. The summed E-state index contributed by atoms with van der Waals surface area (Å²) in [5.41, 5.74) is 1.20. The van der Waals surface area contributed by atoms with E-state index in [-0.39, 0.29) is 5.69 Å². The molecular weight excluding hydrogens is 275 g/mol. The number of carboxylic acid groups (broad SMARTS) is 1. The minimum Gasteiger partial charge on any atom is -0.478 e. The fourth-order valence-corrected chi connectivity index (χ4v) is 1.59. The Morgan fingerprint density at radius 1 is 1.24 bits per heavy atom. The number of benzene rings is 1. The summed E-state index contributed by atoms with van der Waals surface area (Å²) >= 11 is 0. The van der Waals surface area contributed by atoms with Crippen LogP contribution in [0.4, 0.5) is 10.1 Å². The van der Waals surface area contributed by atoms with Crippen LogP contribution in [0.3, 0.4) is 0 Å². The van der Waals surface area contributed by atoms with Crippen LogP contribution in [0.25, 0.3) is 6.08 Å². The molecule has 0 bridgehead atoms. The van der Waals surface area contributed by atoms with Crippen LogP contribution in [0.1, 0.15) is 16.1 Å². The Hall–Kier alpha value is -3.02. The predicted octanol–water partition coefficient (Wildman–Crippen LogP) is 2.57. The van der Waals surface area contributed by atoms with Gasteiger partial charge in [0.2, 0.25) is 0 Å². The van der Waals surface area contributed by atoms with Gasteiger partial charge in [-0.1, -0.05) is 12.1 Å². The van der Waals surface area contributed by atoms with Crippen molar-refractivity contribution in [3.05, 3.63) is 65.7 Å². The summed E-state index contributed by atoms with van der Waals surface area (Å²) < 4.78 is 12.7. The van der Waals surface area contributed by atoms with Crippen molar-refractivity contribution in [2.45, 2.75) is 0 Å². The number of carbonyl (C=O) groups excluding carboxylic acids is 1. The molecule has 0 saturated carbocycles. The Kier molecular flexibility index (Phi) is 4.40. The van der Waals surface area contributed by atoms with Gasteiger partial charge < -0.3 is 10.4 Å². The van der Waals surface area contributed by atoms with E-state index < -0.39 is 17.7 Å². The smallest absolute Gasteiger partial charge is 0.328 e. The van der Waals surface area contributed by atoms with Crippen LogP contribution in [-0.4, -0.2) is 22.0 Å². The molecule has 0 unspecified atom stereocenters. The third-order valence-corrected chi connectivity index (χ3v) is 2.52. The van der Waals surface area contributed by atoms with Gasteiger partial charge in [0, 0.05) is 11.8 Å². The topological polar surface area (TPSA) is 79.3 Å². The molecule has 1 amide bonds. The number of anilines is 1. The van der Waals surface area contributed by atoms with E-state index in [0.717, 1.165) is 18.3 Å². The molecule has 2 N–H and O–H groups in total. The average molecular weight is 286 g/mol. The van der Waals surface area contributed by atoms with Gasteiger partial charge in [0.05, 0.1) is 6.20 Å². The standard InChI is InChI=1S/C15H11FN2O3/c16-11-5-6-13(17-9-11)15(21)18-12-3-1-2-10(8-12)4-7-14(19)20/h1-9H,(H,18,21)(H,19,20)/b7-4+. The molecule has 0 aliphatic carbocycles. The van der Waals surface area contributed by atoms with Crippen LogP contribution in [0, 0.1) is 5.82 Å². The van der Waals surface area contributed by atoms with Gasteiger partial charge in [-0.15, -0.1) is 0 Å². The normalized spacial score (nSPS) is 10.5. The maximum absolute atomic E-state index is 12.7. The average Bonchev–Trinajstić information content (AvgIpc) is 2.46. The molecule has 21 heavy (non-hydrogen) atoms. The lowest BCUT2D eigenvalue weighted by Gasteiger charge is -2.05. The van der Waals surface area contributed by atoms with Crippen LogP contribution in [0.15, 0.2) is 48.7 Å². The lowest BCUT2D eigenvalue weighted by atomic mass is 10.2. The third-order valence-electron chi connectivity index (χ3n) is 2.52. The number of hydrogen-bond acceptors (Lipinski definition) is 3. The molecule has 0 saturated heterocycles. The molecule has 0 fully saturated rings. The minimum absolute atomic E-state index is 0.0860. The second-order valence-electron chi connectivity index (χ2n) is 4.11. The number of halogens is 1. The molecule has 6 heteroatoms. The summed E-state index contributed by atoms with van der Waals surface area (Å²) in [6.45, 7) is 0. The van der Waals surface area contributed by atoms with Crippen LogP contribution in [0.2, 0.25) is 0 Å². The first kappa shape index (κ1) is 14.4. The number of pyridine rings is 1. The molecule has 2 rings (SSSR count). The number of aromatic nitrogens is 1. The molecule has 0 spiro atoms. The Balaban J connectivity index is 2.12. The van der Waals surface area contributed by atoms with E-state index in [1.807, 2.05) is 0 Å². The van der Waals surface area contributed by atoms with E-state index in [1.165, 1.54) is 12.1 Å². The van der Waals surface area contributed by atoms with Gasteiger partial charge in [0.25, 0.3) is 5.91 Å². The quantitative estimate of drug-likeness (QED) is 0.847. The maximum Gasteiger partial charge on any atom is 0.328 e. The molecule has 1 heterocycles. The van der Waals surface area contributed by atoms with Gasteiger partial charge in [0.1, 0.15) is 11.5 Å². The molecule has 5 nitrogen and oxygen atoms in total. The number of nitrogens with one attached hydrogen (secondary N) is 1. The molecule has 106 valence electrons. The second kappa shape index (κ2) is 6.42. The first-order valence-electron chi connectivity index (χ1n) is 5.98. The predicted molar refractivity (Wildman–Crippen MR) is 75.3 cm³/mol. The number of carbonyl (C=O) groups is 2. The van der Waals surface area contributed by atoms with Gasteiger partial charge in [-0.2, -0.15) is 0 Å². The summed E-state index contributed by atoms with van der Waals surface area (Å²) in [6, 6.07) is 9.06. The highest BCUT2D eigenvalue weighted by atomic mass is 19.1. The summed E-state index contributed by atoms with van der Waals surface area (Å²) in [4.78, 5) is 26.0. The molecule has 1 aromatic carbocycles. The van der Waals surface area contributed by atoms with Crippen molar-refractivity contribution in [3.63, 3.8) is 0 Å². The summed E-state index contributed by atoms with van der Waals surface area (Å²) in [5.74, 6) is -2.05. The number of nitrogens with zero attached hydrogens (tertiary/aromatic N) is 1. The second-order valence-corrected chi connectivity index (χ2v) is 4.11. The van der Waals surface area contributed by atoms with Gasteiger partial charge in [0.15, 0.2) is 0 Å². The third kappa shape index (κ3) is 4.24. The van der Waals surface area contributed by atoms with Crippen molar-refractivity contribution in [2.75, 3.05) is 5.32 Å². The molecule has 0 radical (unpaired) electrons. The highest BCUT2D eigenvalue weighted by Crippen LogP contribution is 2.13. The van der Waals surface area contributed by atoms with E-state index in [4.69, 9.17) is 5.11 Å². The Labute approximate surface area is 119 Å². The van der Waals surface area contributed by atoms with Gasteiger partial charge >= 0.3 is 5.97 Å². The van der Waals surface area contributed by atoms with Gasteiger partial charge in [-0.25, -0.2) is 14.2 Å². The van der Waals surface area contributed by atoms with Crippen molar-refractivity contribution in [1.29, 1.82) is 0 Å². The number of amides is 1. The van der Waals surface area contributed by atoms with Crippen LogP contribution < -0.4 is 5.32 Å². The van der Waals surface area contributed by atoms with E-state index >= 15 is 0 Å². The van der Waals surface area contributed by atoms with Gasteiger partial charge in [-0.3, -0.25) is 4.79 Å². The molecule has 1 aromatic heterocycles. The van der Waals surface area contributed by atoms with Crippen LogP contribution in [-0.2, 0) is 4.79 Å². The number of hydrogen-bond donors (Lipinski definition) is 2. The number of rotatable bonds is 4. The number of carboxylic acids is 1. The fourth-order valence-electron chi connectivity index (χ4n) is 1.59. The summed E-state index contributed by atoms with van der Waals surface area (Å²) in [7, 11) is 0. The lowest BCUT2D eigenvalue weighted by Crippen LogP contribution is -2.13. The molecule has 0 atom stereocenters. The van der Waals surface area contributed by atoms with E-state index in [9.17, 15) is 14.0 Å². The van der Waals surface area contributed by atoms with E-state index in [1.54, 1.807) is 24.3 Å². The molecule has 0 aliphatic heterocycles. The van der Waals surface area contributed by atoms with Crippen LogP contribution in [0.5, 0.6) is 0 Å². The molecular formula is C15H11FN2O3. The Morgan fingerprint density at radius 2 is 2.05 bits per heavy atom. The largest absolute Gasteiger partial charge is 0.478 e. The Bertz CT molecular complexity index is 696. The molecule has 0 aliphatic rings. The zero-order chi connectivity index (χ0) is 15.2. The van der Waals surface area contributed by atoms with E-state index in [0.29, 0.717) is 11.3 Å². The van der Waals surface area contributed by atoms with Crippen molar-refractivity contribution in [3.8, 4) is 0 Å². The van der Waals surface area contributed by atoms with Crippen molar-refractivity contribution < 1.29 is 19.1 Å². The van der Waals surface area contributed by atoms with E-state index in [2.05, 4.69) is 10.3 Å². The zero-order valence-corrected chi connectivity index (χ0v) is 10.8. The van der Waals surface area contributed by atoms with Crippen molar-refractivity contribution >= 4 is 23.6 Å². The first-order chi connectivity index (χ1) is 10.0. The first-order valence-corrected chi connectivity index (χ1v) is 5.98. The summed E-state index contributed by atoms with van der Waals surface area (Å²) in [5, 5.41) is 11.2. The van der Waals surface area contributed by atoms with Crippen molar-refractivity contribution in [1.82, 2.24) is 4.98 Å². The zero-order valence-electron chi connectivity index (χ0n) is 10.8. The fraction of sp³-hybridized carbons (Fsp3) is 0. The number of aliphatic carboxylic acids is 1. The highest BCUT2D eigenvalue weighted by Gasteiger charge is 2.07. The maximum atomic E-state index is 12.7. The molecule has 2 aromatic rings. The summed E-state index contributed by atoms with van der Waals surface area (Å²) in [6.07, 6.45) is 3.37. The Morgan fingerprint density at radius 3 is 2.71 bits per heavy atom. The van der Waals surface area contributed by atoms with Gasteiger partial charge in [-0.05, 0) is 35.9 Å². The van der Waals surface area contributed by atoms with Crippen molar-refractivity contribution in [2.24, 2.45) is 0 Å².